The van der Waals surface area contributed by atoms with Gasteiger partial charge in [-0.05, 0) is 29.7 Å². The Morgan fingerprint density at radius 1 is 1.39 bits per heavy atom. The summed E-state index contributed by atoms with van der Waals surface area (Å²) in [6.07, 6.45) is 2.60. The smallest absolute Gasteiger partial charge is 0.328 e. The summed E-state index contributed by atoms with van der Waals surface area (Å²) < 4.78 is 10.8. The second kappa shape index (κ2) is 6.69. The summed E-state index contributed by atoms with van der Waals surface area (Å²) in [5.74, 6) is 0.720. The van der Waals surface area contributed by atoms with Gasteiger partial charge in [-0.3, -0.25) is 0 Å². The summed E-state index contributed by atoms with van der Waals surface area (Å²) in [6, 6.07) is 5.31. The van der Waals surface area contributed by atoms with E-state index in [9.17, 15) is 4.79 Å². The molecule has 0 spiro atoms. The highest BCUT2D eigenvalue weighted by molar-refractivity contribution is 5.85. The van der Waals surface area contributed by atoms with E-state index in [1.807, 2.05) is 0 Å². The summed E-state index contributed by atoms with van der Waals surface area (Å²) in [6.45, 7) is 4.74. The molecule has 0 unspecified atom stereocenters. The Balaban J connectivity index is 2.85. The van der Waals surface area contributed by atoms with Gasteiger partial charge in [0, 0.05) is 6.08 Å². The van der Waals surface area contributed by atoms with E-state index in [-0.39, 0.29) is 0 Å². The molecule has 18 heavy (non-hydrogen) atoms. The van der Waals surface area contributed by atoms with E-state index in [0.29, 0.717) is 24.0 Å². The maximum atomic E-state index is 10.4. The molecule has 0 bridgehead atoms. The van der Waals surface area contributed by atoms with Crippen LogP contribution < -0.4 is 9.47 Å². The predicted molar refractivity (Wildman–Crippen MR) is 70.0 cm³/mol. The van der Waals surface area contributed by atoms with Gasteiger partial charge in [0.15, 0.2) is 11.5 Å². The van der Waals surface area contributed by atoms with Gasteiger partial charge >= 0.3 is 5.97 Å². The second-order valence-corrected chi connectivity index (χ2v) is 4.29. The van der Waals surface area contributed by atoms with E-state index in [1.165, 1.54) is 6.08 Å². The topological polar surface area (TPSA) is 55.8 Å². The van der Waals surface area contributed by atoms with Crippen LogP contribution in [0.3, 0.4) is 0 Å². The monoisotopic (exact) mass is 250 g/mol. The van der Waals surface area contributed by atoms with Crippen LogP contribution >= 0.6 is 0 Å². The van der Waals surface area contributed by atoms with Gasteiger partial charge in [-0.2, -0.15) is 0 Å². The van der Waals surface area contributed by atoms with E-state index in [4.69, 9.17) is 14.6 Å². The number of carboxylic acids is 1. The van der Waals surface area contributed by atoms with Gasteiger partial charge < -0.3 is 14.6 Å². The summed E-state index contributed by atoms with van der Waals surface area (Å²) in [5.41, 5.74) is 0.756. The van der Waals surface area contributed by atoms with Crippen molar-refractivity contribution in [2.45, 2.75) is 13.8 Å². The minimum Gasteiger partial charge on any atom is -0.493 e. The van der Waals surface area contributed by atoms with Crippen molar-refractivity contribution in [3.63, 3.8) is 0 Å². The van der Waals surface area contributed by atoms with Crippen molar-refractivity contribution in [3.05, 3.63) is 29.8 Å². The van der Waals surface area contributed by atoms with Crippen molar-refractivity contribution in [1.82, 2.24) is 0 Å². The molecule has 1 N–H and O–H groups in total. The zero-order valence-electron chi connectivity index (χ0n) is 10.8. The Kier molecular flexibility index (Phi) is 5.24. The normalized spacial score (nSPS) is 10.9. The second-order valence-electron chi connectivity index (χ2n) is 4.29. The van der Waals surface area contributed by atoms with Gasteiger partial charge in [-0.25, -0.2) is 4.79 Å². The average molecular weight is 250 g/mol. The van der Waals surface area contributed by atoms with Crippen molar-refractivity contribution < 1.29 is 19.4 Å². The molecule has 0 aliphatic carbocycles. The molecule has 0 saturated heterocycles. The summed E-state index contributed by atoms with van der Waals surface area (Å²) in [7, 11) is 1.56. The fourth-order valence-corrected chi connectivity index (χ4v) is 1.33. The number of ether oxygens (including phenoxy) is 2. The molecule has 0 aliphatic rings. The number of benzene rings is 1. The summed E-state index contributed by atoms with van der Waals surface area (Å²) in [5, 5.41) is 8.56. The molecule has 0 aliphatic heterocycles. The first-order valence-corrected chi connectivity index (χ1v) is 5.74. The van der Waals surface area contributed by atoms with Gasteiger partial charge in [0.2, 0.25) is 0 Å². The Labute approximate surface area is 107 Å². The van der Waals surface area contributed by atoms with Crippen LogP contribution in [0, 0.1) is 5.92 Å². The SMILES string of the molecule is COc1cc(/C=C\C(=O)O)ccc1OCC(C)C. The van der Waals surface area contributed by atoms with E-state index in [0.717, 1.165) is 11.6 Å². The predicted octanol–water partition coefficient (Wildman–Crippen LogP) is 2.83. The fourth-order valence-electron chi connectivity index (χ4n) is 1.33. The van der Waals surface area contributed by atoms with E-state index in [2.05, 4.69) is 13.8 Å². The maximum absolute atomic E-state index is 10.4. The highest BCUT2D eigenvalue weighted by Crippen LogP contribution is 2.28. The third kappa shape index (κ3) is 4.49. The molecule has 4 nitrogen and oxygen atoms in total. The van der Waals surface area contributed by atoms with Crippen LogP contribution in [0.5, 0.6) is 11.5 Å². The van der Waals surface area contributed by atoms with Crippen LogP contribution in [-0.4, -0.2) is 24.8 Å². The molecule has 1 aromatic carbocycles. The van der Waals surface area contributed by atoms with E-state index < -0.39 is 5.97 Å². The number of methoxy groups -OCH3 is 1. The maximum Gasteiger partial charge on any atom is 0.328 e. The summed E-state index contributed by atoms with van der Waals surface area (Å²) in [4.78, 5) is 10.4. The number of hydrogen-bond donors (Lipinski definition) is 1. The van der Waals surface area contributed by atoms with Crippen molar-refractivity contribution in [2.75, 3.05) is 13.7 Å². The number of hydrogen-bond acceptors (Lipinski definition) is 3. The largest absolute Gasteiger partial charge is 0.493 e. The Bertz CT molecular complexity index is 435. The molecular formula is C14H18O4. The molecule has 0 heterocycles. The molecule has 0 saturated carbocycles. The lowest BCUT2D eigenvalue weighted by Gasteiger charge is -2.12. The first-order chi connectivity index (χ1) is 8.52. The Morgan fingerprint density at radius 2 is 2.11 bits per heavy atom. The van der Waals surface area contributed by atoms with Crippen LogP contribution in [0.25, 0.3) is 6.08 Å². The van der Waals surface area contributed by atoms with Gasteiger partial charge in [-0.15, -0.1) is 0 Å². The van der Waals surface area contributed by atoms with Gasteiger partial charge in [0.25, 0.3) is 0 Å². The van der Waals surface area contributed by atoms with Gasteiger partial charge in [0.1, 0.15) is 0 Å². The molecule has 1 aromatic rings. The highest BCUT2D eigenvalue weighted by atomic mass is 16.5. The molecule has 4 heteroatoms. The fraction of sp³-hybridized carbons (Fsp3) is 0.357. The number of aliphatic carboxylic acids is 1. The third-order valence-electron chi connectivity index (χ3n) is 2.18. The lowest BCUT2D eigenvalue weighted by Crippen LogP contribution is -2.05. The van der Waals surface area contributed by atoms with Gasteiger partial charge in [0.05, 0.1) is 13.7 Å². The number of carboxylic acid groups (broad SMARTS) is 1. The molecule has 0 fully saturated rings. The molecule has 0 aromatic heterocycles. The van der Waals surface area contributed by atoms with Crippen molar-refractivity contribution >= 4 is 12.0 Å². The molecule has 0 radical (unpaired) electrons. The number of rotatable bonds is 6. The van der Waals surface area contributed by atoms with E-state index in [1.54, 1.807) is 25.3 Å². The lowest BCUT2D eigenvalue weighted by atomic mass is 10.2. The number of carbonyl (C=O) groups is 1. The molecular weight excluding hydrogens is 232 g/mol. The minimum absolute atomic E-state index is 0.432. The van der Waals surface area contributed by atoms with Crippen molar-refractivity contribution in [3.8, 4) is 11.5 Å². The van der Waals surface area contributed by atoms with Crippen LogP contribution in [0.15, 0.2) is 24.3 Å². The third-order valence-corrected chi connectivity index (χ3v) is 2.18. The van der Waals surface area contributed by atoms with Crippen LogP contribution in [-0.2, 0) is 4.79 Å². The molecule has 0 atom stereocenters. The van der Waals surface area contributed by atoms with Crippen LogP contribution in [0.2, 0.25) is 0 Å². The zero-order valence-corrected chi connectivity index (χ0v) is 10.8. The first kappa shape index (κ1) is 14.1. The molecule has 98 valence electrons. The zero-order chi connectivity index (χ0) is 13.5. The van der Waals surface area contributed by atoms with Gasteiger partial charge in [-0.1, -0.05) is 19.9 Å². The first-order valence-electron chi connectivity index (χ1n) is 5.74. The molecule has 1 rings (SSSR count). The summed E-state index contributed by atoms with van der Waals surface area (Å²) >= 11 is 0. The Hall–Kier alpha value is -1.97. The standard InChI is InChI=1S/C14H18O4/c1-10(2)9-18-12-6-4-11(5-7-14(15)16)8-13(12)17-3/h4-8,10H,9H2,1-3H3,(H,15,16)/b7-5-. The van der Waals surface area contributed by atoms with Crippen LogP contribution in [0.1, 0.15) is 19.4 Å². The minimum atomic E-state index is -0.978. The van der Waals surface area contributed by atoms with Crippen molar-refractivity contribution in [1.29, 1.82) is 0 Å². The lowest BCUT2D eigenvalue weighted by molar-refractivity contribution is -0.131. The quantitative estimate of drug-likeness (QED) is 0.789. The molecule has 0 amide bonds. The Morgan fingerprint density at radius 3 is 2.67 bits per heavy atom. The highest BCUT2D eigenvalue weighted by Gasteiger charge is 2.05. The average Bonchev–Trinajstić information content (AvgIpc) is 2.34. The van der Waals surface area contributed by atoms with E-state index >= 15 is 0 Å². The van der Waals surface area contributed by atoms with Crippen molar-refractivity contribution in [2.24, 2.45) is 5.92 Å². The van der Waals surface area contributed by atoms with Crippen LogP contribution in [0.4, 0.5) is 0 Å².